The van der Waals surface area contributed by atoms with Crippen LogP contribution in [0, 0.1) is 12.7 Å². The van der Waals surface area contributed by atoms with Crippen molar-refractivity contribution >= 4 is 0 Å². The Kier molecular flexibility index (Phi) is 5.34. The monoisotopic (exact) mass is 287 g/mol. The van der Waals surface area contributed by atoms with Crippen LogP contribution in [0.1, 0.15) is 36.6 Å². The first-order valence-electron chi connectivity index (χ1n) is 7.37. The molecule has 2 nitrogen and oxygen atoms in total. The van der Waals surface area contributed by atoms with Crippen molar-refractivity contribution in [2.45, 2.75) is 26.8 Å². The summed E-state index contributed by atoms with van der Waals surface area (Å²) in [6.45, 7) is 7.33. The lowest BCUT2D eigenvalue weighted by Crippen LogP contribution is -2.22. The van der Waals surface area contributed by atoms with Gasteiger partial charge in [0.25, 0.3) is 0 Å². The summed E-state index contributed by atoms with van der Waals surface area (Å²) < 4.78 is 18.9. The van der Waals surface area contributed by atoms with Crippen LogP contribution in [0.3, 0.4) is 0 Å². The van der Waals surface area contributed by atoms with Gasteiger partial charge in [0.2, 0.25) is 0 Å². The third-order valence-electron chi connectivity index (χ3n) is 3.45. The minimum atomic E-state index is -0.166. The van der Waals surface area contributed by atoms with Crippen LogP contribution in [0.4, 0.5) is 4.39 Å². The van der Waals surface area contributed by atoms with Gasteiger partial charge in [0.15, 0.2) is 0 Å². The molecule has 3 heteroatoms. The van der Waals surface area contributed by atoms with E-state index in [9.17, 15) is 4.39 Å². The standard InChI is InChI=1S/C18H22FNO/c1-4-20-18(15-8-11-17(19)13(3)12-15)14-6-9-16(10-7-14)21-5-2/h6-12,18,20H,4-5H2,1-3H3. The smallest absolute Gasteiger partial charge is 0.126 e. The SMILES string of the molecule is CCNC(c1ccc(OCC)cc1)c1ccc(F)c(C)c1. The number of aryl methyl sites for hydroxylation is 1. The second-order valence-corrected chi connectivity index (χ2v) is 5.00. The summed E-state index contributed by atoms with van der Waals surface area (Å²) in [6.07, 6.45) is 0. The largest absolute Gasteiger partial charge is 0.494 e. The van der Waals surface area contributed by atoms with Crippen molar-refractivity contribution in [3.8, 4) is 5.75 Å². The maximum Gasteiger partial charge on any atom is 0.126 e. The Bertz CT molecular complexity index is 580. The fraction of sp³-hybridized carbons (Fsp3) is 0.333. The van der Waals surface area contributed by atoms with E-state index < -0.39 is 0 Å². The topological polar surface area (TPSA) is 21.3 Å². The van der Waals surface area contributed by atoms with Crippen LogP contribution in [0.25, 0.3) is 0 Å². The van der Waals surface area contributed by atoms with Gasteiger partial charge in [0.1, 0.15) is 11.6 Å². The van der Waals surface area contributed by atoms with E-state index in [2.05, 4.69) is 24.4 Å². The van der Waals surface area contributed by atoms with Gasteiger partial charge >= 0.3 is 0 Å². The van der Waals surface area contributed by atoms with Crippen molar-refractivity contribution in [2.75, 3.05) is 13.2 Å². The summed E-state index contributed by atoms with van der Waals surface area (Å²) in [4.78, 5) is 0. The van der Waals surface area contributed by atoms with Gasteiger partial charge in [-0.25, -0.2) is 4.39 Å². The molecular formula is C18H22FNO. The summed E-state index contributed by atoms with van der Waals surface area (Å²) in [6, 6.07) is 13.4. The summed E-state index contributed by atoms with van der Waals surface area (Å²) in [5, 5.41) is 3.45. The van der Waals surface area contributed by atoms with E-state index in [-0.39, 0.29) is 11.9 Å². The summed E-state index contributed by atoms with van der Waals surface area (Å²) in [5.41, 5.74) is 2.88. The molecule has 0 saturated carbocycles. The second-order valence-electron chi connectivity index (χ2n) is 5.00. The predicted octanol–water partition coefficient (Wildman–Crippen LogP) is 4.23. The molecule has 0 aromatic heterocycles. The van der Waals surface area contributed by atoms with E-state index in [1.54, 1.807) is 6.92 Å². The lowest BCUT2D eigenvalue weighted by Gasteiger charge is -2.20. The number of halogens is 1. The second kappa shape index (κ2) is 7.23. The summed E-state index contributed by atoms with van der Waals surface area (Å²) in [5.74, 6) is 0.701. The molecule has 112 valence electrons. The van der Waals surface area contributed by atoms with Crippen LogP contribution in [0.2, 0.25) is 0 Å². The van der Waals surface area contributed by atoms with E-state index in [4.69, 9.17) is 4.74 Å². The van der Waals surface area contributed by atoms with Gasteiger partial charge in [0.05, 0.1) is 12.6 Å². The zero-order chi connectivity index (χ0) is 15.2. The highest BCUT2D eigenvalue weighted by atomic mass is 19.1. The maximum absolute atomic E-state index is 13.5. The highest BCUT2D eigenvalue weighted by molar-refractivity contribution is 5.37. The number of hydrogen-bond acceptors (Lipinski definition) is 2. The van der Waals surface area contributed by atoms with E-state index >= 15 is 0 Å². The Hall–Kier alpha value is -1.87. The molecule has 0 saturated heterocycles. The fourth-order valence-electron chi connectivity index (χ4n) is 2.40. The van der Waals surface area contributed by atoms with Gasteiger partial charge in [0, 0.05) is 0 Å². The Morgan fingerprint density at radius 1 is 1.05 bits per heavy atom. The lowest BCUT2D eigenvalue weighted by atomic mass is 9.97. The van der Waals surface area contributed by atoms with Gasteiger partial charge in [-0.05, 0) is 55.3 Å². The van der Waals surface area contributed by atoms with Crippen LogP contribution in [0.5, 0.6) is 5.75 Å². The van der Waals surface area contributed by atoms with Gasteiger partial charge in [-0.3, -0.25) is 0 Å². The maximum atomic E-state index is 13.5. The third kappa shape index (κ3) is 3.82. The Morgan fingerprint density at radius 3 is 2.29 bits per heavy atom. The first kappa shape index (κ1) is 15.5. The van der Waals surface area contributed by atoms with E-state index in [1.807, 2.05) is 31.2 Å². The van der Waals surface area contributed by atoms with Crippen LogP contribution in [-0.2, 0) is 0 Å². The molecular weight excluding hydrogens is 265 g/mol. The van der Waals surface area contributed by atoms with Crippen LogP contribution < -0.4 is 10.1 Å². The molecule has 1 unspecified atom stereocenters. The highest BCUT2D eigenvalue weighted by Crippen LogP contribution is 2.25. The molecule has 0 heterocycles. The molecule has 0 aliphatic heterocycles. The van der Waals surface area contributed by atoms with Crippen molar-refractivity contribution < 1.29 is 9.13 Å². The van der Waals surface area contributed by atoms with Gasteiger partial charge in [-0.15, -0.1) is 0 Å². The van der Waals surface area contributed by atoms with Crippen molar-refractivity contribution in [3.63, 3.8) is 0 Å². The number of benzene rings is 2. The molecule has 2 aromatic rings. The highest BCUT2D eigenvalue weighted by Gasteiger charge is 2.14. The zero-order valence-electron chi connectivity index (χ0n) is 12.8. The van der Waals surface area contributed by atoms with Gasteiger partial charge in [-0.1, -0.05) is 31.2 Å². The molecule has 0 aliphatic rings. The van der Waals surface area contributed by atoms with E-state index in [0.29, 0.717) is 12.2 Å². The quantitative estimate of drug-likeness (QED) is 0.858. The summed E-state index contributed by atoms with van der Waals surface area (Å²) in [7, 11) is 0. The Labute approximate surface area is 126 Å². The Balaban J connectivity index is 2.31. The normalized spacial score (nSPS) is 12.2. The molecule has 0 radical (unpaired) electrons. The molecule has 1 N–H and O–H groups in total. The number of ether oxygens (including phenoxy) is 1. The lowest BCUT2D eigenvalue weighted by molar-refractivity contribution is 0.340. The van der Waals surface area contributed by atoms with Crippen molar-refractivity contribution in [2.24, 2.45) is 0 Å². The third-order valence-corrected chi connectivity index (χ3v) is 3.45. The number of nitrogens with one attached hydrogen (secondary N) is 1. The Morgan fingerprint density at radius 2 is 1.71 bits per heavy atom. The molecule has 0 spiro atoms. The average Bonchev–Trinajstić information content (AvgIpc) is 2.49. The molecule has 2 aromatic carbocycles. The average molecular weight is 287 g/mol. The van der Waals surface area contributed by atoms with Crippen molar-refractivity contribution in [1.82, 2.24) is 5.32 Å². The molecule has 1 atom stereocenters. The van der Waals surface area contributed by atoms with Crippen molar-refractivity contribution in [1.29, 1.82) is 0 Å². The molecule has 0 aliphatic carbocycles. The summed E-state index contributed by atoms with van der Waals surface area (Å²) >= 11 is 0. The van der Waals surface area contributed by atoms with E-state index in [0.717, 1.165) is 23.4 Å². The molecule has 0 amide bonds. The van der Waals surface area contributed by atoms with Crippen LogP contribution >= 0.6 is 0 Å². The molecule has 21 heavy (non-hydrogen) atoms. The molecule has 0 fully saturated rings. The van der Waals surface area contributed by atoms with Crippen molar-refractivity contribution in [3.05, 3.63) is 65.0 Å². The minimum absolute atomic E-state index is 0.0602. The van der Waals surface area contributed by atoms with Crippen LogP contribution in [-0.4, -0.2) is 13.2 Å². The fourth-order valence-corrected chi connectivity index (χ4v) is 2.40. The molecule has 2 rings (SSSR count). The first-order valence-corrected chi connectivity index (χ1v) is 7.37. The van der Waals surface area contributed by atoms with E-state index in [1.165, 1.54) is 6.07 Å². The number of hydrogen-bond donors (Lipinski definition) is 1. The number of rotatable bonds is 6. The molecule has 0 bridgehead atoms. The van der Waals surface area contributed by atoms with Gasteiger partial charge < -0.3 is 10.1 Å². The zero-order valence-corrected chi connectivity index (χ0v) is 12.8. The predicted molar refractivity (Wildman–Crippen MR) is 84.3 cm³/mol. The first-order chi connectivity index (χ1) is 10.2. The minimum Gasteiger partial charge on any atom is -0.494 e. The van der Waals surface area contributed by atoms with Gasteiger partial charge in [-0.2, -0.15) is 0 Å². The van der Waals surface area contributed by atoms with Crippen LogP contribution in [0.15, 0.2) is 42.5 Å².